The first kappa shape index (κ1) is 17.2. The molecule has 0 saturated carbocycles. The number of hydrazine groups is 1. The third-order valence-corrected chi connectivity index (χ3v) is 5.29. The van der Waals surface area contributed by atoms with Gasteiger partial charge in [0.25, 0.3) is 0 Å². The molecule has 2 heterocycles. The van der Waals surface area contributed by atoms with Gasteiger partial charge in [0.1, 0.15) is 6.17 Å². The summed E-state index contributed by atoms with van der Waals surface area (Å²) in [4.78, 5) is 0. The van der Waals surface area contributed by atoms with E-state index in [0.29, 0.717) is 5.57 Å². The lowest BCUT2D eigenvalue weighted by Crippen LogP contribution is -2.65. The maximum atomic E-state index is 9.41. The minimum Gasteiger partial charge on any atom is -0.396 e. The second kappa shape index (κ2) is 7.12. The van der Waals surface area contributed by atoms with Crippen molar-refractivity contribution < 1.29 is 5.11 Å². The SMILES string of the molecule is CC1(c2ccc(Cl)cc2)CC(CCCCO)NC2C(C#N)=CNN21. The number of unbranched alkanes of at least 4 members (excludes halogenated alkanes) is 1. The van der Waals surface area contributed by atoms with Crippen LogP contribution in [0.25, 0.3) is 0 Å². The zero-order valence-electron chi connectivity index (χ0n) is 13.8. The van der Waals surface area contributed by atoms with Crippen molar-refractivity contribution in [2.24, 2.45) is 0 Å². The van der Waals surface area contributed by atoms with Gasteiger partial charge >= 0.3 is 0 Å². The lowest BCUT2D eigenvalue weighted by Gasteiger charge is -2.50. The van der Waals surface area contributed by atoms with Crippen molar-refractivity contribution in [1.29, 1.82) is 5.26 Å². The van der Waals surface area contributed by atoms with Gasteiger partial charge in [-0.1, -0.05) is 23.7 Å². The molecule has 3 atom stereocenters. The number of hydrogen-bond acceptors (Lipinski definition) is 5. The van der Waals surface area contributed by atoms with Crippen LogP contribution in [0.15, 0.2) is 36.0 Å². The number of aliphatic hydroxyl groups excluding tert-OH is 1. The summed E-state index contributed by atoms with van der Waals surface area (Å²) in [6, 6.07) is 10.5. The molecule has 0 bridgehead atoms. The van der Waals surface area contributed by atoms with Gasteiger partial charge in [0.05, 0.1) is 17.2 Å². The van der Waals surface area contributed by atoms with Crippen LogP contribution < -0.4 is 10.7 Å². The molecule has 24 heavy (non-hydrogen) atoms. The molecule has 0 spiro atoms. The highest BCUT2D eigenvalue weighted by atomic mass is 35.5. The van der Waals surface area contributed by atoms with E-state index < -0.39 is 0 Å². The number of rotatable bonds is 5. The fourth-order valence-corrected chi connectivity index (χ4v) is 3.86. The van der Waals surface area contributed by atoms with Crippen LogP contribution in [-0.2, 0) is 5.54 Å². The van der Waals surface area contributed by atoms with Gasteiger partial charge in [-0.3, -0.25) is 5.32 Å². The van der Waals surface area contributed by atoms with Crippen LogP contribution in [0.5, 0.6) is 0 Å². The zero-order valence-corrected chi connectivity index (χ0v) is 14.6. The molecule has 128 valence electrons. The van der Waals surface area contributed by atoms with Crippen molar-refractivity contribution in [1.82, 2.24) is 15.8 Å². The first-order valence-electron chi connectivity index (χ1n) is 8.37. The zero-order chi connectivity index (χ0) is 17.2. The van der Waals surface area contributed by atoms with Crippen LogP contribution in [0.1, 0.15) is 38.2 Å². The second-order valence-corrected chi connectivity index (χ2v) is 7.12. The average Bonchev–Trinajstić information content (AvgIpc) is 2.99. The number of fused-ring (bicyclic) bond motifs is 1. The summed E-state index contributed by atoms with van der Waals surface area (Å²) in [7, 11) is 0. The molecular weight excluding hydrogens is 324 g/mol. The first-order valence-corrected chi connectivity index (χ1v) is 8.75. The molecule has 1 aromatic carbocycles. The molecule has 0 aromatic heterocycles. The van der Waals surface area contributed by atoms with Gasteiger partial charge in [0.15, 0.2) is 0 Å². The number of nitrogens with one attached hydrogen (secondary N) is 2. The molecule has 2 aliphatic rings. The highest BCUT2D eigenvalue weighted by Crippen LogP contribution is 2.40. The number of aliphatic hydroxyl groups is 1. The topological polar surface area (TPSA) is 71.3 Å². The lowest BCUT2D eigenvalue weighted by atomic mass is 9.81. The molecule has 1 saturated heterocycles. The predicted molar refractivity (Wildman–Crippen MR) is 93.7 cm³/mol. The quantitative estimate of drug-likeness (QED) is 0.715. The largest absolute Gasteiger partial charge is 0.396 e. The van der Waals surface area contributed by atoms with Gasteiger partial charge in [0, 0.05) is 23.9 Å². The maximum Gasteiger partial charge on any atom is 0.116 e. The number of nitrogens with zero attached hydrogens (tertiary/aromatic N) is 2. The summed E-state index contributed by atoms with van der Waals surface area (Å²) in [5, 5.41) is 24.9. The molecule has 0 aliphatic carbocycles. The Balaban J connectivity index is 1.88. The fraction of sp³-hybridized carbons (Fsp3) is 0.500. The van der Waals surface area contributed by atoms with Crippen molar-refractivity contribution >= 4 is 11.6 Å². The van der Waals surface area contributed by atoms with Crippen molar-refractivity contribution in [3.8, 4) is 6.07 Å². The summed E-state index contributed by atoms with van der Waals surface area (Å²) in [6.45, 7) is 2.42. The Morgan fingerprint density at radius 1 is 1.38 bits per heavy atom. The lowest BCUT2D eigenvalue weighted by molar-refractivity contribution is -0.0246. The van der Waals surface area contributed by atoms with E-state index in [2.05, 4.69) is 40.9 Å². The van der Waals surface area contributed by atoms with Gasteiger partial charge in [0.2, 0.25) is 0 Å². The molecule has 1 aromatic rings. The molecule has 3 unspecified atom stereocenters. The van der Waals surface area contributed by atoms with Crippen LogP contribution in [-0.4, -0.2) is 28.9 Å². The Bertz CT molecular complexity index is 654. The van der Waals surface area contributed by atoms with E-state index in [1.165, 1.54) is 5.56 Å². The predicted octanol–water partition coefficient (Wildman–Crippen LogP) is 2.63. The van der Waals surface area contributed by atoms with Crippen LogP contribution in [0.3, 0.4) is 0 Å². The summed E-state index contributed by atoms with van der Waals surface area (Å²) in [6.07, 6.45) is 5.31. The highest BCUT2D eigenvalue weighted by Gasteiger charge is 2.48. The van der Waals surface area contributed by atoms with Crippen LogP contribution in [0, 0.1) is 11.3 Å². The van der Waals surface area contributed by atoms with Crippen molar-refractivity contribution in [3.05, 3.63) is 46.6 Å². The molecule has 1 fully saturated rings. The van der Waals surface area contributed by atoms with E-state index in [-0.39, 0.29) is 24.4 Å². The van der Waals surface area contributed by atoms with E-state index in [1.807, 2.05) is 12.1 Å². The van der Waals surface area contributed by atoms with E-state index in [4.69, 9.17) is 16.7 Å². The van der Waals surface area contributed by atoms with Gasteiger partial charge < -0.3 is 10.5 Å². The summed E-state index contributed by atoms with van der Waals surface area (Å²) in [5.41, 5.74) is 4.88. The van der Waals surface area contributed by atoms with Crippen molar-refractivity contribution in [3.63, 3.8) is 0 Å². The smallest absolute Gasteiger partial charge is 0.116 e. The van der Waals surface area contributed by atoms with Crippen molar-refractivity contribution in [2.75, 3.05) is 6.61 Å². The first-order chi connectivity index (χ1) is 11.6. The fourth-order valence-electron chi connectivity index (χ4n) is 3.73. The van der Waals surface area contributed by atoms with Gasteiger partial charge in [-0.05, 0) is 50.3 Å². The maximum absolute atomic E-state index is 9.41. The Morgan fingerprint density at radius 3 is 2.79 bits per heavy atom. The second-order valence-electron chi connectivity index (χ2n) is 6.68. The van der Waals surface area contributed by atoms with Gasteiger partial charge in [-0.25, -0.2) is 0 Å². The molecule has 6 heteroatoms. The Morgan fingerprint density at radius 2 is 2.12 bits per heavy atom. The van der Waals surface area contributed by atoms with Gasteiger partial charge in [-0.15, -0.1) is 0 Å². The number of nitriles is 1. The Kier molecular flexibility index (Phi) is 5.12. The molecule has 2 aliphatic heterocycles. The molecule has 3 rings (SSSR count). The van der Waals surface area contributed by atoms with E-state index in [0.717, 1.165) is 30.7 Å². The number of halogens is 1. The third kappa shape index (κ3) is 3.15. The van der Waals surface area contributed by atoms with Gasteiger partial charge in [-0.2, -0.15) is 10.3 Å². The van der Waals surface area contributed by atoms with Crippen molar-refractivity contribution in [2.45, 2.75) is 50.4 Å². The van der Waals surface area contributed by atoms with Crippen LogP contribution in [0.2, 0.25) is 5.02 Å². The highest BCUT2D eigenvalue weighted by molar-refractivity contribution is 6.30. The van der Waals surface area contributed by atoms with E-state index in [1.54, 1.807) is 6.20 Å². The van der Waals surface area contributed by atoms with Crippen LogP contribution >= 0.6 is 11.6 Å². The summed E-state index contributed by atoms with van der Waals surface area (Å²) >= 11 is 6.05. The number of hydrogen-bond donors (Lipinski definition) is 3. The Labute approximate surface area is 147 Å². The molecule has 0 radical (unpaired) electrons. The molecule has 3 N–H and O–H groups in total. The van der Waals surface area contributed by atoms with Crippen LogP contribution in [0.4, 0.5) is 0 Å². The molecular formula is C18H23ClN4O. The standard InChI is InChI=1S/C18H23ClN4O/c1-18(14-5-7-15(19)8-6-14)10-16(4-2-3-9-24)22-17-13(11-20)12-21-23(17)18/h5-8,12,16-17,21-22,24H,2-4,9-10H2,1H3. The monoisotopic (exact) mass is 346 g/mol. The number of benzene rings is 1. The third-order valence-electron chi connectivity index (χ3n) is 5.04. The minimum absolute atomic E-state index is 0.136. The Hall–Kier alpha value is -1.58. The van der Waals surface area contributed by atoms with E-state index in [9.17, 15) is 5.26 Å². The van der Waals surface area contributed by atoms with E-state index >= 15 is 0 Å². The summed E-state index contributed by atoms with van der Waals surface area (Å²) < 4.78 is 0. The minimum atomic E-state index is -0.251. The summed E-state index contributed by atoms with van der Waals surface area (Å²) in [5.74, 6) is 0. The normalized spacial score (nSPS) is 29.5. The molecule has 0 amide bonds. The average molecular weight is 347 g/mol. The molecule has 5 nitrogen and oxygen atoms in total.